The van der Waals surface area contributed by atoms with Gasteiger partial charge < -0.3 is 23.9 Å². The average Bonchev–Trinajstić information content (AvgIpc) is 3.22. The monoisotopic (exact) mass is 418 g/mol. The first-order chi connectivity index (χ1) is 14.6. The van der Waals surface area contributed by atoms with Gasteiger partial charge in [0.25, 0.3) is 0 Å². The Bertz CT molecular complexity index is 832. The molecule has 0 aliphatic carbocycles. The number of aliphatic hydroxyl groups is 1. The molecular formula is C22H27FN2O5. The van der Waals surface area contributed by atoms with Crippen molar-refractivity contribution in [2.24, 2.45) is 0 Å². The number of halogens is 1. The lowest BCUT2D eigenvalue weighted by Gasteiger charge is -2.42. The van der Waals surface area contributed by atoms with E-state index in [1.165, 1.54) is 12.1 Å². The molecule has 2 aliphatic heterocycles. The number of nitrogens with zero attached hydrogens (tertiary/aromatic N) is 2. The van der Waals surface area contributed by atoms with Gasteiger partial charge in [0.15, 0.2) is 0 Å². The van der Waals surface area contributed by atoms with Gasteiger partial charge >= 0.3 is 0 Å². The first kappa shape index (κ1) is 20.8. The van der Waals surface area contributed by atoms with Crippen LogP contribution in [0.3, 0.4) is 0 Å². The lowest BCUT2D eigenvalue weighted by molar-refractivity contribution is -0.155. The van der Waals surface area contributed by atoms with Crippen molar-refractivity contribution < 1.29 is 28.2 Å². The van der Waals surface area contributed by atoms with E-state index in [1.807, 2.05) is 11.0 Å². The Labute approximate surface area is 175 Å². The highest BCUT2D eigenvalue weighted by Gasteiger charge is 2.34. The normalized spacial score (nSPS) is 21.2. The third-order valence-electron chi connectivity index (χ3n) is 5.66. The Morgan fingerprint density at radius 2 is 1.83 bits per heavy atom. The molecule has 0 spiro atoms. The SMILES string of the molecule is O=C1CO[C@H](COc2ccc(F)cc2)CN1C1CCN(Cc2ccc(CO)o2)CC1. The third-order valence-corrected chi connectivity index (χ3v) is 5.66. The topological polar surface area (TPSA) is 75.4 Å². The van der Waals surface area contributed by atoms with Crippen molar-refractivity contribution in [3.05, 3.63) is 53.7 Å². The van der Waals surface area contributed by atoms with Crippen LogP contribution in [-0.2, 0) is 22.7 Å². The number of piperidine rings is 1. The fourth-order valence-corrected chi connectivity index (χ4v) is 4.02. The minimum Gasteiger partial charge on any atom is -0.491 e. The quantitative estimate of drug-likeness (QED) is 0.743. The highest BCUT2D eigenvalue weighted by molar-refractivity contribution is 5.78. The van der Waals surface area contributed by atoms with Crippen LogP contribution in [-0.4, -0.2) is 65.8 Å². The summed E-state index contributed by atoms with van der Waals surface area (Å²) in [6.45, 7) is 3.25. The van der Waals surface area contributed by atoms with Crippen molar-refractivity contribution in [3.63, 3.8) is 0 Å². The van der Waals surface area contributed by atoms with Crippen molar-refractivity contribution in [2.45, 2.75) is 38.1 Å². The molecular weight excluding hydrogens is 391 g/mol. The molecule has 1 N–H and O–H groups in total. The summed E-state index contributed by atoms with van der Waals surface area (Å²) < 4.78 is 29.9. The molecule has 8 heteroatoms. The van der Waals surface area contributed by atoms with Crippen LogP contribution in [0.4, 0.5) is 4.39 Å². The summed E-state index contributed by atoms with van der Waals surface area (Å²) in [5.74, 6) is 1.72. The first-order valence-corrected chi connectivity index (χ1v) is 10.3. The van der Waals surface area contributed by atoms with E-state index >= 15 is 0 Å². The van der Waals surface area contributed by atoms with Gasteiger partial charge in [-0.3, -0.25) is 9.69 Å². The predicted octanol–water partition coefficient (Wildman–Crippen LogP) is 2.18. The van der Waals surface area contributed by atoms with Crippen LogP contribution in [0.2, 0.25) is 0 Å². The molecule has 0 saturated carbocycles. The number of hydrogen-bond donors (Lipinski definition) is 1. The maximum Gasteiger partial charge on any atom is 0.248 e. The lowest BCUT2D eigenvalue weighted by Crippen LogP contribution is -2.55. The van der Waals surface area contributed by atoms with Gasteiger partial charge in [0.05, 0.1) is 13.1 Å². The molecule has 30 heavy (non-hydrogen) atoms. The molecule has 1 aromatic heterocycles. The summed E-state index contributed by atoms with van der Waals surface area (Å²) in [5.41, 5.74) is 0. The van der Waals surface area contributed by atoms with Crippen molar-refractivity contribution in [3.8, 4) is 5.75 Å². The summed E-state index contributed by atoms with van der Waals surface area (Å²) in [4.78, 5) is 16.7. The standard InChI is InChI=1S/C22H27FN2O5/c23-16-1-3-18(4-2-16)28-14-21-12-25(22(27)15-29-21)17-7-9-24(10-8-17)11-19-5-6-20(13-26)30-19/h1-6,17,21,26H,7-15H2/t21-/m0/s1. The van der Waals surface area contributed by atoms with Crippen LogP contribution in [0, 0.1) is 5.82 Å². The number of carbonyl (C=O) groups is 1. The number of furan rings is 1. The van der Waals surface area contributed by atoms with Gasteiger partial charge in [-0.2, -0.15) is 0 Å². The summed E-state index contributed by atoms with van der Waals surface area (Å²) in [6.07, 6.45) is 1.58. The first-order valence-electron chi connectivity index (χ1n) is 10.3. The number of ether oxygens (including phenoxy) is 2. The second-order valence-electron chi connectivity index (χ2n) is 7.78. The Morgan fingerprint density at radius 3 is 2.53 bits per heavy atom. The molecule has 1 aromatic carbocycles. The van der Waals surface area contributed by atoms with Gasteiger partial charge in [-0.25, -0.2) is 4.39 Å². The van der Waals surface area contributed by atoms with E-state index in [2.05, 4.69) is 4.90 Å². The predicted molar refractivity (Wildman–Crippen MR) is 106 cm³/mol. The Kier molecular flexibility index (Phi) is 6.66. The number of rotatable bonds is 7. The molecule has 162 valence electrons. The van der Waals surface area contributed by atoms with Gasteiger partial charge in [0.1, 0.15) is 49.0 Å². The molecule has 2 aromatic rings. The minimum absolute atomic E-state index is 0.0186. The Balaban J connectivity index is 1.25. The van der Waals surface area contributed by atoms with Crippen molar-refractivity contribution in [1.29, 1.82) is 0 Å². The van der Waals surface area contributed by atoms with Gasteiger partial charge in [-0.1, -0.05) is 0 Å². The molecule has 1 amide bonds. The van der Waals surface area contributed by atoms with Crippen LogP contribution in [0.1, 0.15) is 24.4 Å². The van der Waals surface area contributed by atoms with Gasteiger partial charge in [0, 0.05) is 19.1 Å². The van der Waals surface area contributed by atoms with Crippen LogP contribution in [0.5, 0.6) is 5.75 Å². The van der Waals surface area contributed by atoms with Crippen molar-refractivity contribution in [2.75, 3.05) is 32.8 Å². The maximum absolute atomic E-state index is 13.0. The molecule has 0 radical (unpaired) electrons. The maximum atomic E-state index is 13.0. The summed E-state index contributed by atoms with van der Waals surface area (Å²) in [5, 5.41) is 9.12. The summed E-state index contributed by atoms with van der Waals surface area (Å²) >= 11 is 0. The van der Waals surface area contributed by atoms with Gasteiger partial charge in [-0.15, -0.1) is 0 Å². The molecule has 2 saturated heterocycles. The second-order valence-corrected chi connectivity index (χ2v) is 7.78. The van der Waals surface area contributed by atoms with Gasteiger partial charge in [-0.05, 0) is 49.2 Å². The average molecular weight is 418 g/mol. The number of likely N-dealkylation sites (tertiary alicyclic amines) is 1. The van der Waals surface area contributed by atoms with Crippen molar-refractivity contribution in [1.82, 2.24) is 9.80 Å². The van der Waals surface area contributed by atoms with Crippen LogP contribution in [0.15, 0.2) is 40.8 Å². The second kappa shape index (κ2) is 9.59. The summed E-state index contributed by atoms with van der Waals surface area (Å²) in [7, 11) is 0. The Hall–Kier alpha value is -2.42. The van der Waals surface area contributed by atoms with E-state index in [9.17, 15) is 9.18 Å². The highest BCUT2D eigenvalue weighted by Crippen LogP contribution is 2.22. The number of morpholine rings is 1. The third kappa shape index (κ3) is 5.19. The lowest BCUT2D eigenvalue weighted by atomic mass is 10.0. The van der Waals surface area contributed by atoms with Crippen LogP contribution in [0.25, 0.3) is 0 Å². The largest absolute Gasteiger partial charge is 0.491 e. The number of hydrogen-bond acceptors (Lipinski definition) is 6. The van der Waals surface area contributed by atoms with E-state index in [0.29, 0.717) is 31.2 Å². The van der Waals surface area contributed by atoms with E-state index < -0.39 is 0 Å². The smallest absolute Gasteiger partial charge is 0.248 e. The van der Waals surface area contributed by atoms with Crippen molar-refractivity contribution >= 4 is 5.91 Å². The number of aliphatic hydroxyl groups excluding tert-OH is 1. The molecule has 1 atom stereocenters. The van der Waals surface area contributed by atoms with E-state index in [4.69, 9.17) is 19.0 Å². The zero-order valence-electron chi connectivity index (χ0n) is 16.8. The molecule has 0 unspecified atom stereocenters. The zero-order chi connectivity index (χ0) is 20.9. The number of benzene rings is 1. The molecule has 4 rings (SSSR count). The molecule has 7 nitrogen and oxygen atoms in total. The Morgan fingerprint density at radius 1 is 1.10 bits per heavy atom. The van der Waals surface area contributed by atoms with E-state index in [0.717, 1.165) is 31.7 Å². The van der Waals surface area contributed by atoms with Crippen LogP contribution >= 0.6 is 0 Å². The molecule has 2 fully saturated rings. The number of amides is 1. The minimum atomic E-state index is -0.305. The summed E-state index contributed by atoms with van der Waals surface area (Å²) in [6, 6.07) is 9.76. The van der Waals surface area contributed by atoms with Crippen LogP contribution < -0.4 is 4.74 Å². The molecule has 2 aliphatic rings. The van der Waals surface area contributed by atoms with E-state index in [-0.39, 0.29) is 37.1 Å². The highest BCUT2D eigenvalue weighted by atomic mass is 19.1. The fourth-order valence-electron chi connectivity index (χ4n) is 4.02. The van der Waals surface area contributed by atoms with Gasteiger partial charge in [0.2, 0.25) is 5.91 Å². The fraction of sp³-hybridized carbons (Fsp3) is 0.500. The molecule has 0 bridgehead atoms. The number of carbonyl (C=O) groups excluding carboxylic acids is 1. The molecule has 3 heterocycles. The zero-order valence-corrected chi connectivity index (χ0v) is 16.8. The van der Waals surface area contributed by atoms with E-state index in [1.54, 1.807) is 18.2 Å².